The van der Waals surface area contributed by atoms with Crippen LogP contribution in [-0.2, 0) is 27.2 Å². The molecule has 7 nitrogen and oxygen atoms in total. The monoisotopic (exact) mass is 407 g/mol. The fourth-order valence-electron chi connectivity index (χ4n) is 2.75. The van der Waals surface area contributed by atoms with Crippen LogP contribution in [0.3, 0.4) is 0 Å². The fraction of sp³-hybridized carbons (Fsp3) is 0.444. The highest BCUT2D eigenvalue weighted by molar-refractivity contribution is 8.01. The van der Waals surface area contributed by atoms with Gasteiger partial charge in [0.15, 0.2) is 10.4 Å². The van der Waals surface area contributed by atoms with E-state index in [2.05, 4.69) is 26.3 Å². The molecule has 1 heterocycles. The van der Waals surface area contributed by atoms with Crippen LogP contribution in [0.1, 0.15) is 30.9 Å². The summed E-state index contributed by atoms with van der Waals surface area (Å²) in [6.07, 6.45) is 3.93. The van der Waals surface area contributed by atoms with Gasteiger partial charge in [-0.05, 0) is 55.9 Å². The molecule has 1 amide bonds. The number of rotatable bonds is 7. The third-order valence-electron chi connectivity index (χ3n) is 4.18. The van der Waals surface area contributed by atoms with Crippen LogP contribution in [0, 0.1) is 0 Å². The molecule has 0 bridgehead atoms. The van der Waals surface area contributed by atoms with Crippen molar-refractivity contribution in [2.75, 3.05) is 18.2 Å². The average molecular weight is 408 g/mol. The van der Waals surface area contributed by atoms with Gasteiger partial charge in [-0.3, -0.25) is 14.9 Å². The topological polar surface area (TPSA) is 90.4 Å². The first-order valence-electron chi connectivity index (χ1n) is 8.67. The van der Waals surface area contributed by atoms with E-state index < -0.39 is 6.10 Å². The van der Waals surface area contributed by atoms with Crippen molar-refractivity contribution < 1.29 is 19.1 Å². The summed E-state index contributed by atoms with van der Waals surface area (Å²) in [7, 11) is 1.33. The summed E-state index contributed by atoms with van der Waals surface area (Å²) in [5.41, 5.74) is 2.68. The van der Waals surface area contributed by atoms with Gasteiger partial charge in [-0.25, -0.2) is 0 Å². The van der Waals surface area contributed by atoms with Gasteiger partial charge in [0, 0.05) is 0 Å². The second kappa shape index (κ2) is 9.18. The van der Waals surface area contributed by atoms with Crippen LogP contribution in [0.4, 0.5) is 5.13 Å². The number of carbonyl (C=O) groups excluding carboxylic acids is 2. The number of benzene rings is 1. The van der Waals surface area contributed by atoms with E-state index >= 15 is 0 Å². The number of methoxy groups -OCH3 is 1. The van der Waals surface area contributed by atoms with Gasteiger partial charge in [0.2, 0.25) is 5.13 Å². The van der Waals surface area contributed by atoms with E-state index in [4.69, 9.17) is 4.74 Å². The molecule has 0 radical (unpaired) electrons. The molecule has 9 heteroatoms. The summed E-state index contributed by atoms with van der Waals surface area (Å²) in [6.45, 7) is 1.70. The van der Waals surface area contributed by atoms with E-state index in [9.17, 15) is 9.59 Å². The molecule has 1 aromatic carbocycles. The number of anilines is 1. The van der Waals surface area contributed by atoms with Gasteiger partial charge in [0.25, 0.3) is 5.91 Å². The Hall–Kier alpha value is -2.13. The van der Waals surface area contributed by atoms with Crippen molar-refractivity contribution in [1.82, 2.24) is 10.2 Å². The summed E-state index contributed by atoms with van der Waals surface area (Å²) in [6, 6.07) is 6.04. The predicted octanol–water partition coefficient (Wildman–Crippen LogP) is 3.09. The lowest BCUT2D eigenvalue weighted by molar-refractivity contribution is -0.137. The van der Waals surface area contributed by atoms with Gasteiger partial charge in [-0.15, -0.1) is 10.2 Å². The first-order chi connectivity index (χ1) is 13.0. The zero-order valence-electron chi connectivity index (χ0n) is 15.2. The number of hydrogen-bond acceptors (Lipinski definition) is 8. The lowest BCUT2D eigenvalue weighted by Crippen LogP contribution is -2.30. The van der Waals surface area contributed by atoms with Crippen molar-refractivity contribution >= 4 is 40.1 Å². The number of thioether (sulfide) groups is 1. The summed E-state index contributed by atoms with van der Waals surface area (Å²) in [5, 5.41) is 10.9. The lowest BCUT2D eigenvalue weighted by Gasteiger charge is -2.18. The summed E-state index contributed by atoms with van der Waals surface area (Å²) >= 11 is 2.41. The molecule has 0 saturated heterocycles. The zero-order valence-corrected chi connectivity index (χ0v) is 16.8. The Kier molecular flexibility index (Phi) is 6.68. The molecule has 144 valence electrons. The smallest absolute Gasteiger partial charge is 0.316 e. The second-order valence-corrected chi connectivity index (χ2v) is 8.32. The van der Waals surface area contributed by atoms with Gasteiger partial charge < -0.3 is 9.47 Å². The minimum Gasteiger partial charge on any atom is -0.481 e. The summed E-state index contributed by atoms with van der Waals surface area (Å²) in [5.74, 6) is 0.211. The maximum absolute atomic E-state index is 12.3. The van der Waals surface area contributed by atoms with Crippen LogP contribution in [0.15, 0.2) is 22.5 Å². The van der Waals surface area contributed by atoms with Crippen LogP contribution in [0.5, 0.6) is 5.75 Å². The maximum atomic E-state index is 12.3. The highest BCUT2D eigenvalue weighted by Crippen LogP contribution is 2.27. The highest BCUT2D eigenvalue weighted by Gasteiger charge is 2.18. The molecule has 1 N–H and O–H groups in total. The van der Waals surface area contributed by atoms with E-state index in [1.807, 2.05) is 12.1 Å². The normalized spacial score (nSPS) is 14.1. The van der Waals surface area contributed by atoms with Crippen molar-refractivity contribution in [3.8, 4) is 5.75 Å². The molecular weight excluding hydrogens is 386 g/mol. The molecule has 2 aromatic rings. The molecule has 1 atom stereocenters. The van der Waals surface area contributed by atoms with Crippen LogP contribution in [0.25, 0.3) is 0 Å². The largest absolute Gasteiger partial charge is 0.481 e. The predicted molar refractivity (Wildman–Crippen MR) is 104 cm³/mol. The molecular formula is C18H21N3O4S2. The number of nitrogens with one attached hydrogen (secondary N) is 1. The molecule has 3 rings (SSSR count). The number of fused-ring (bicyclic) bond motifs is 1. The first kappa shape index (κ1) is 19.6. The van der Waals surface area contributed by atoms with E-state index in [1.54, 1.807) is 6.92 Å². The van der Waals surface area contributed by atoms with Gasteiger partial charge in [0.1, 0.15) is 5.75 Å². The van der Waals surface area contributed by atoms with Gasteiger partial charge in [0.05, 0.1) is 12.9 Å². The Balaban J connectivity index is 1.53. The average Bonchev–Trinajstić information content (AvgIpc) is 3.13. The number of aromatic nitrogens is 2. The van der Waals surface area contributed by atoms with Crippen molar-refractivity contribution in [3.05, 3.63) is 29.3 Å². The standard InChI is InChI=1S/C18H21N3O4S2/c1-11(25-14-8-7-12-5-3-4-6-13(12)9-14)16(23)19-17-20-21-18(27-17)26-10-15(22)24-2/h7-9,11H,3-6,10H2,1-2H3,(H,19,20,23)/t11-/m1/s1. The number of esters is 1. The second-order valence-electron chi connectivity index (χ2n) is 6.12. The Morgan fingerprint density at radius 3 is 2.81 bits per heavy atom. The first-order valence-corrected chi connectivity index (χ1v) is 10.5. The molecule has 0 unspecified atom stereocenters. The third-order valence-corrected chi connectivity index (χ3v) is 6.13. The third kappa shape index (κ3) is 5.43. The fourth-order valence-corrected chi connectivity index (χ4v) is 4.33. The van der Waals surface area contributed by atoms with Gasteiger partial charge in [-0.1, -0.05) is 29.2 Å². The number of aryl methyl sites for hydroxylation is 2. The quantitative estimate of drug-likeness (QED) is 0.428. The van der Waals surface area contributed by atoms with E-state index in [-0.39, 0.29) is 17.6 Å². The molecule has 0 fully saturated rings. The molecule has 1 aliphatic rings. The molecule has 1 aliphatic carbocycles. The van der Waals surface area contributed by atoms with Crippen LogP contribution in [0.2, 0.25) is 0 Å². The Labute approximate surface area is 165 Å². The van der Waals surface area contributed by atoms with Gasteiger partial charge >= 0.3 is 5.97 Å². The number of hydrogen-bond donors (Lipinski definition) is 1. The SMILES string of the molecule is COC(=O)CSc1nnc(NC(=O)[C@@H](C)Oc2ccc3c(c2)CCCC3)s1. The van der Waals surface area contributed by atoms with Crippen LogP contribution in [-0.4, -0.2) is 41.0 Å². The van der Waals surface area contributed by atoms with Crippen molar-refractivity contribution in [1.29, 1.82) is 0 Å². The summed E-state index contributed by atoms with van der Waals surface area (Å²) < 4.78 is 11.0. The van der Waals surface area contributed by atoms with Crippen molar-refractivity contribution in [2.24, 2.45) is 0 Å². The molecule has 1 aromatic heterocycles. The molecule has 0 aliphatic heterocycles. The minimum atomic E-state index is -0.665. The van der Waals surface area contributed by atoms with Crippen molar-refractivity contribution in [3.63, 3.8) is 0 Å². The molecule has 27 heavy (non-hydrogen) atoms. The minimum absolute atomic E-state index is 0.150. The van der Waals surface area contributed by atoms with E-state index in [0.29, 0.717) is 15.2 Å². The Morgan fingerprint density at radius 1 is 1.26 bits per heavy atom. The number of ether oxygens (including phenoxy) is 2. The zero-order chi connectivity index (χ0) is 19.2. The number of carbonyl (C=O) groups is 2. The van der Waals surface area contributed by atoms with E-state index in [1.165, 1.54) is 54.2 Å². The number of nitrogens with zero attached hydrogens (tertiary/aromatic N) is 2. The van der Waals surface area contributed by atoms with Crippen LogP contribution >= 0.6 is 23.1 Å². The maximum Gasteiger partial charge on any atom is 0.316 e. The van der Waals surface area contributed by atoms with E-state index in [0.717, 1.165) is 12.8 Å². The summed E-state index contributed by atoms with van der Waals surface area (Å²) in [4.78, 5) is 23.5. The number of amides is 1. The molecule has 0 spiro atoms. The Morgan fingerprint density at radius 2 is 2.04 bits per heavy atom. The Bertz CT molecular complexity index is 825. The lowest BCUT2D eigenvalue weighted by atomic mass is 9.92. The van der Waals surface area contributed by atoms with Crippen molar-refractivity contribution in [2.45, 2.75) is 43.1 Å². The van der Waals surface area contributed by atoms with Crippen LogP contribution < -0.4 is 10.1 Å². The molecule has 0 saturated carbocycles. The van der Waals surface area contributed by atoms with Gasteiger partial charge in [-0.2, -0.15) is 0 Å². The highest BCUT2D eigenvalue weighted by atomic mass is 32.2.